The summed E-state index contributed by atoms with van der Waals surface area (Å²) in [4.78, 5) is 17.2. The molecule has 0 radical (unpaired) electrons. The van der Waals surface area contributed by atoms with Crippen molar-refractivity contribution in [2.75, 3.05) is 57.7 Å². The number of H-pyrrole nitrogens is 1. The Morgan fingerprint density at radius 3 is 1.06 bits per heavy atom. The lowest BCUT2D eigenvalue weighted by molar-refractivity contribution is 0.473. The molecule has 0 saturated heterocycles. The molecule has 0 amide bonds. The van der Waals surface area contributed by atoms with Gasteiger partial charge in [-0.2, -0.15) is 5.21 Å². The van der Waals surface area contributed by atoms with Gasteiger partial charge >= 0.3 is 0 Å². The lowest BCUT2D eigenvalue weighted by Crippen LogP contribution is -1.86. The van der Waals surface area contributed by atoms with Crippen molar-refractivity contribution in [3.63, 3.8) is 0 Å². The summed E-state index contributed by atoms with van der Waals surface area (Å²) in [6.45, 7) is 8.83. The van der Waals surface area contributed by atoms with Gasteiger partial charge in [0.25, 0.3) is 11.7 Å². The fraction of sp³-hybridized carbons (Fsp3) is 0.900. The number of rotatable bonds is 6. The SMILES string of the molecule is CP(=O)(O)CP(C)(=O)O.CP(C)(=O)CP(C)(C)=O.O=P(Cl)(Cl)CP(=O)(Cl)Cl.c1nn[nH]n1. The van der Waals surface area contributed by atoms with E-state index in [1.807, 2.05) is 0 Å². The first-order valence-corrected chi connectivity index (χ1v) is 25.5. The third-order valence-corrected chi connectivity index (χ3v) is 17.9. The molecule has 0 aliphatic heterocycles. The summed E-state index contributed by atoms with van der Waals surface area (Å²) in [5.74, 6) is -7.36. The second kappa shape index (κ2) is 15.6. The molecule has 0 aliphatic carbocycles. The molecule has 0 bridgehead atoms. The molecular weight excluding hydrogens is 632 g/mol. The van der Waals surface area contributed by atoms with Gasteiger partial charge in [0.05, 0.1) is 20.2 Å². The van der Waals surface area contributed by atoms with Gasteiger partial charge in [-0.25, -0.2) is 0 Å². The van der Waals surface area contributed by atoms with Crippen LogP contribution in [0.3, 0.4) is 0 Å². The number of tetrazole rings is 1. The van der Waals surface area contributed by atoms with Gasteiger partial charge in [0.2, 0.25) is 14.7 Å². The Labute approximate surface area is 206 Å². The van der Waals surface area contributed by atoms with Crippen molar-refractivity contribution >= 4 is 85.7 Å². The van der Waals surface area contributed by atoms with Gasteiger partial charge < -0.3 is 18.9 Å². The number of hydrogen-bond donors (Lipinski definition) is 3. The molecule has 0 aliphatic rings. The van der Waals surface area contributed by atoms with Crippen LogP contribution in [0.5, 0.6) is 0 Å². The summed E-state index contributed by atoms with van der Waals surface area (Å²) in [7, 11) is -10.7. The van der Waals surface area contributed by atoms with Crippen molar-refractivity contribution in [2.45, 2.75) is 0 Å². The molecule has 3 N–H and O–H groups in total. The Balaban J connectivity index is -0.000000356. The average molecular weight is 660 g/mol. The summed E-state index contributed by atoms with van der Waals surface area (Å²) in [5, 5.41) is 12.2. The van der Waals surface area contributed by atoms with E-state index >= 15 is 0 Å². The average Bonchev–Trinajstić information content (AvgIpc) is 2.82. The van der Waals surface area contributed by atoms with Crippen molar-refractivity contribution in [2.24, 2.45) is 0 Å². The van der Waals surface area contributed by atoms with Crippen LogP contribution in [0.1, 0.15) is 0 Å². The first-order valence-electron chi connectivity index (χ1n) is 7.92. The van der Waals surface area contributed by atoms with Gasteiger partial charge in [-0.3, -0.25) is 18.3 Å². The van der Waals surface area contributed by atoms with Gasteiger partial charge in [-0.1, -0.05) is 5.21 Å². The molecule has 0 saturated carbocycles. The van der Waals surface area contributed by atoms with Crippen molar-refractivity contribution < 1.29 is 37.2 Å². The minimum atomic E-state index is -3.37. The van der Waals surface area contributed by atoms with Crippen LogP contribution in [-0.2, 0) is 27.4 Å². The van der Waals surface area contributed by atoms with Crippen molar-refractivity contribution in [1.82, 2.24) is 20.6 Å². The maximum atomic E-state index is 11.1. The van der Waals surface area contributed by atoms with Gasteiger partial charge in [0.15, 0.2) is 6.33 Å². The van der Waals surface area contributed by atoms with Crippen LogP contribution in [0.15, 0.2) is 6.33 Å². The normalized spacial score (nSPS) is 15.9. The van der Waals surface area contributed by atoms with E-state index in [-0.39, 0.29) is 0 Å². The molecule has 1 rings (SSSR count). The largest absolute Gasteiger partial charge is 0.344 e. The fourth-order valence-corrected chi connectivity index (χ4v) is 21.0. The summed E-state index contributed by atoms with van der Waals surface area (Å²) in [5.41, 5.74) is 0. The van der Waals surface area contributed by atoms with E-state index in [9.17, 15) is 27.4 Å². The highest BCUT2D eigenvalue weighted by Crippen LogP contribution is 2.72. The van der Waals surface area contributed by atoms with Crippen LogP contribution >= 0.6 is 85.7 Å². The second-order valence-corrected chi connectivity index (χ2v) is 31.1. The van der Waals surface area contributed by atoms with Crippen LogP contribution in [0.4, 0.5) is 0 Å². The standard InChI is InChI=1S/C5H14O2P2.C3H10O4P2.CH2Cl4O2P2.CH2N4/c1-8(2,6)5-9(3,4)7;1-8(4,5)3-9(2,6)7;2-8(3,6)1-9(4,5)7;1-2-4-5-3-1/h5H2,1-4H3;3H2,1-2H3,(H,4,5)(H,6,7);1H2;1H,(H,2,3,4,5). The Kier molecular flexibility index (Phi) is 18.6. The molecule has 1 aromatic heterocycles. The molecule has 0 aromatic carbocycles. The molecule has 2 unspecified atom stereocenters. The smallest absolute Gasteiger partial charge is 0.262 e. The highest BCUT2D eigenvalue weighted by molar-refractivity contribution is 8.21. The Hall–Kier alpha value is 1.53. The quantitative estimate of drug-likeness (QED) is 0.285. The maximum absolute atomic E-state index is 11.1. The topological polar surface area (TPSA) is 197 Å². The van der Waals surface area contributed by atoms with Crippen molar-refractivity contribution in [1.29, 1.82) is 0 Å². The van der Waals surface area contributed by atoms with E-state index in [2.05, 4.69) is 20.6 Å². The number of hydrogen-bond acceptors (Lipinski definition) is 9. The predicted molar refractivity (Wildman–Crippen MR) is 138 cm³/mol. The minimum absolute atomic E-state index is 0.403. The first-order chi connectivity index (χ1) is 13.6. The number of nitrogens with one attached hydrogen (secondary N) is 1. The van der Waals surface area contributed by atoms with Crippen LogP contribution in [0.2, 0.25) is 0 Å². The van der Waals surface area contributed by atoms with E-state index in [0.717, 1.165) is 13.3 Å². The predicted octanol–water partition coefficient (Wildman–Crippen LogP) is 6.42. The third-order valence-electron chi connectivity index (χ3n) is 1.80. The minimum Gasteiger partial charge on any atom is -0.344 e. The van der Waals surface area contributed by atoms with Gasteiger partial charge in [0, 0.05) is 13.3 Å². The number of halogens is 4. The maximum Gasteiger partial charge on any atom is 0.262 e. The van der Waals surface area contributed by atoms with Gasteiger partial charge in [-0.05, 0) is 71.6 Å². The monoisotopic (exact) mass is 658 g/mol. The van der Waals surface area contributed by atoms with Crippen LogP contribution in [0.25, 0.3) is 0 Å². The van der Waals surface area contributed by atoms with E-state index in [1.165, 1.54) is 6.33 Å². The second-order valence-electron chi connectivity index (χ2n) is 7.37. The highest BCUT2D eigenvalue weighted by atomic mass is 35.9. The van der Waals surface area contributed by atoms with Crippen molar-refractivity contribution in [3.05, 3.63) is 6.33 Å². The number of nitrogens with zero attached hydrogens (tertiary/aromatic N) is 3. The molecule has 194 valence electrons. The third kappa shape index (κ3) is 48.8. The molecule has 32 heavy (non-hydrogen) atoms. The molecule has 22 heteroatoms. The molecular formula is C10H28Cl4N4O8P6. The van der Waals surface area contributed by atoms with Crippen LogP contribution < -0.4 is 0 Å². The summed E-state index contributed by atoms with van der Waals surface area (Å²) >= 11 is 20.0. The molecule has 1 heterocycles. The van der Waals surface area contributed by atoms with Gasteiger partial charge in [-0.15, -0.1) is 10.2 Å². The lowest BCUT2D eigenvalue weighted by atomic mass is 11.4. The summed E-state index contributed by atoms with van der Waals surface area (Å²) in [6, 6.07) is 0. The van der Waals surface area contributed by atoms with Crippen LogP contribution in [0, 0.1) is 0 Å². The summed E-state index contributed by atoms with van der Waals surface area (Å²) in [6.07, 6.45) is 1.33. The fourth-order valence-electron chi connectivity index (χ4n) is 1.63. The van der Waals surface area contributed by atoms with E-state index < -0.39 is 52.5 Å². The Morgan fingerprint density at radius 2 is 1.03 bits per heavy atom. The Bertz CT molecular complexity index is 750. The zero-order chi connectivity index (χ0) is 26.7. The molecule has 0 spiro atoms. The molecule has 0 fully saturated rings. The van der Waals surface area contributed by atoms with Gasteiger partial charge in [0.1, 0.15) is 11.8 Å². The first kappa shape index (κ1) is 38.1. The van der Waals surface area contributed by atoms with Crippen molar-refractivity contribution in [3.8, 4) is 0 Å². The highest BCUT2D eigenvalue weighted by Gasteiger charge is 2.26. The molecule has 2 atom stereocenters. The lowest BCUT2D eigenvalue weighted by Gasteiger charge is -2.09. The van der Waals surface area contributed by atoms with E-state index in [1.54, 1.807) is 26.7 Å². The zero-order valence-corrected chi connectivity index (χ0v) is 26.5. The molecule has 1 aromatic rings. The number of aromatic amines is 1. The van der Waals surface area contributed by atoms with Crippen LogP contribution in [-0.4, -0.2) is 88.1 Å². The Morgan fingerprint density at radius 1 is 0.688 bits per heavy atom. The summed E-state index contributed by atoms with van der Waals surface area (Å²) < 4.78 is 63.9. The van der Waals surface area contributed by atoms with E-state index in [0.29, 0.717) is 5.90 Å². The molecule has 12 nitrogen and oxygen atoms in total. The number of aromatic nitrogens is 4. The zero-order valence-electron chi connectivity index (χ0n) is 18.1. The van der Waals surface area contributed by atoms with E-state index in [4.69, 9.17) is 54.8 Å².